The van der Waals surface area contributed by atoms with E-state index in [-0.39, 0.29) is 11.1 Å². The third-order valence-corrected chi connectivity index (χ3v) is 5.88. The van der Waals surface area contributed by atoms with Crippen LogP contribution in [0.4, 0.5) is 11.6 Å². The average molecular weight is 414 g/mol. The minimum absolute atomic E-state index is 0.0573. The van der Waals surface area contributed by atoms with E-state index in [1.807, 2.05) is 12.1 Å². The Bertz CT molecular complexity index is 1110. The van der Waals surface area contributed by atoms with Gasteiger partial charge in [-0.3, -0.25) is 4.90 Å². The number of benzene rings is 2. The van der Waals surface area contributed by atoms with Crippen LogP contribution < -0.4 is 10.5 Å². The molecule has 0 amide bonds. The Labute approximate surface area is 169 Å². The van der Waals surface area contributed by atoms with Crippen LogP contribution in [-0.2, 0) is 21.3 Å². The van der Waals surface area contributed by atoms with E-state index in [9.17, 15) is 8.42 Å². The fourth-order valence-corrected chi connectivity index (χ4v) is 3.96. The predicted octanol–water partition coefficient (Wildman–Crippen LogP) is 2.59. The van der Waals surface area contributed by atoms with Crippen molar-refractivity contribution in [2.24, 2.45) is 5.14 Å². The molecular weight excluding hydrogens is 390 g/mol. The van der Waals surface area contributed by atoms with Crippen LogP contribution in [0.3, 0.4) is 0 Å². The predicted molar refractivity (Wildman–Crippen MR) is 111 cm³/mol. The van der Waals surface area contributed by atoms with Gasteiger partial charge in [0.05, 0.1) is 10.4 Å². The van der Waals surface area contributed by atoms with Gasteiger partial charge in [0, 0.05) is 30.4 Å². The van der Waals surface area contributed by atoms with E-state index < -0.39 is 10.0 Å². The zero-order valence-corrected chi connectivity index (χ0v) is 16.9. The van der Waals surface area contributed by atoms with Crippen molar-refractivity contribution in [3.05, 3.63) is 54.2 Å². The fraction of sp³-hybridized carbons (Fsp3) is 0.300. The van der Waals surface area contributed by atoms with E-state index in [0.717, 1.165) is 42.5 Å². The highest BCUT2D eigenvalue weighted by atomic mass is 32.2. The van der Waals surface area contributed by atoms with Gasteiger partial charge in [0.2, 0.25) is 16.0 Å². The van der Waals surface area contributed by atoms with Crippen molar-refractivity contribution in [3.63, 3.8) is 0 Å². The quantitative estimate of drug-likeness (QED) is 0.639. The number of ether oxygens (including phenoxy) is 1. The van der Waals surface area contributed by atoms with E-state index in [0.29, 0.717) is 11.6 Å². The van der Waals surface area contributed by atoms with Crippen LogP contribution in [0.1, 0.15) is 18.4 Å². The molecule has 4 rings (SSSR count). The van der Waals surface area contributed by atoms with Crippen molar-refractivity contribution < 1.29 is 13.2 Å². The van der Waals surface area contributed by atoms with Gasteiger partial charge in [0.25, 0.3) is 0 Å². The molecule has 1 aliphatic heterocycles. The first-order chi connectivity index (χ1) is 13.9. The van der Waals surface area contributed by atoms with Gasteiger partial charge in [-0.15, -0.1) is 0 Å². The SMILES string of the molecule is CN(Cc1cccc2cnc(Nc3ccc(S(N)(=O)=O)cc3)nc12)C1CCCO1. The number of primary sulfonamides is 1. The van der Waals surface area contributed by atoms with Gasteiger partial charge in [-0.25, -0.2) is 23.5 Å². The molecule has 1 saturated heterocycles. The molecular formula is C20H23N5O3S. The molecule has 3 N–H and O–H groups in total. The van der Waals surface area contributed by atoms with E-state index >= 15 is 0 Å². The van der Waals surface area contributed by atoms with Gasteiger partial charge >= 0.3 is 0 Å². The zero-order chi connectivity index (χ0) is 20.4. The summed E-state index contributed by atoms with van der Waals surface area (Å²) in [4.78, 5) is 11.3. The highest BCUT2D eigenvalue weighted by Crippen LogP contribution is 2.23. The van der Waals surface area contributed by atoms with Crippen molar-refractivity contribution in [1.82, 2.24) is 14.9 Å². The van der Waals surface area contributed by atoms with Gasteiger partial charge in [0.1, 0.15) is 6.23 Å². The average Bonchev–Trinajstić information content (AvgIpc) is 3.23. The zero-order valence-electron chi connectivity index (χ0n) is 16.1. The molecule has 1 atom stereocenters. The van der Waals surface area contributed by atoms with Crippen LogP contribution in [0.25, 0.3) is 10.9 Å². The van der Waals surface area contributed by atoms with Gasteiger partial charge in [-0.05, 0) is 49.7 Å². The van der Waals surface area contributed by atoms with Gasteiger partial charge in [-0.1, -0.05) is 18.2 Å². The number of rotatable bonds is 6. The van der Waals surface area contributed by atoms with Crippen molar-refractivity contribution in [2.45, 2.75) is 30.5 Å². The lowest BCUT2D eigenvalue weighted by Gasteiger charge is -2.23. The maximum Gasteiger partial charge on any atom is 0.238 e. The Morgan fingerprint density at radius 3 is 2.72 bits per heavy atom. The van der Waals surface area contributed by atoms with Crippen molar-refractivity contribution in [3.8, 4) is 0 Å². The standard InChI is InChI=1S/C20H23N5O3S/c1-25(18-6-3-11-28-18)13-15-5-2-4-14-12-22-20(24-19(14)15)23-16-7-9-17(10-8-16)29(21,26)27/h2,4-5,7-10,12,18H,3,6,11,13H2,1H3,(H2,21,26,27)(H,22,23,24). The van der Waals surface area contributed by atoms with Crippen LogP contribution in [0.15, 0.2) is 53.6 Å². The van der Waals surface area contributed by atoms with E-state index in [2.05, 4.69) is 33.3 Å². The molecule has 0 aliphatic carbocycles. The minimum atomic E-state index is -3.72. The first kappa shape index (κ1) is 19.7. The second-order valence-corrected chi connectivity index (χ2v) is 8.69. The summed E-state index contributed by atoms with van der Waals surface area (Å²) >= 11 is 0. The Kier molecular flexibility index (Phi) is 5.46. The van der Waals surface area contributed by atoms with Gasteiger partial charge < -0.3 is 10.1 Å². The molecule has 0 radical (unpaired) electrons. The second-order valence-electron chi connectivity index (χ2n) is 7.13. The number of nitrogens with one attached hydrogen (secondary N) is 1. The molecule has 1 fully saturated rings. The summed E-state index contributed by atoms with van der Waals surface area (Å²) in [6.07, 6.45) is 4.05. The lowest BCUT2D eigenvalue weighted by atomic mass is 10.1. The number of sulfonamides is 1. The fourth-order valence-electron chi connectivity index (χ4n) is 3.44. The monoisotopic (exact) mass is 413 g/mol. The number of nitrogens with zero attached hydrogens (tertiary/aromatic N) is 3. The highest BCUT2D eigenvalue weighted by Gasteiger charge is 2.21. The van der Waals surface area contributed by atoms with Gasteiger partial charge in [0.15, 0.2) is 0 Å². The number of fused-ring (bicyclic) bond motifs is 1. The van der Waals surface area contributed by atoms with Crippen molar-refractivity contribution in [2.75, 3.05) is 19.0 Å². The highest BCUT2D eigenvalue weighted by molar-refractivity contribution is 7.89. The molecule has 9 heteroatoms. The molecule has 1 aromatic heterocycles. The largest absolute Gasteiger partial charge is 0.363 e. The molecule has 152 valence electrons. The van der Waals surface area contributed by atoms with Crippen LogP contribution >= 0.6 is 0 Å². The molecule has 0 spiro atoms. The number of aromatic nitrogens is 2. The third kappa shape index (κ3) is 4.54. The Morgan fingerprint density at radius 2 is 2.03 bits per heavy atom. The first-order valence-electron chi connectivity index (χ1n) is 9.36. The molecule has 1 aliphatic rings. The van der Waals surface area contributed by atoms with Crippen LogP contribution in [-0.4, -0.2) is 43.2 Å². The Hall–Kier alpha value is -2.59. The van der Waals surface area contributed by atoms with Crippen LogP contribution in [0.5, 0.6) is 0 Å². The summed E-state index contributed by atoms with van der Waals surface area (Å²) in [6.45, 7) is 1.53. The second kappa shape index (κ2) is 8.03. The smallest absolute Gasteiger partial charge is 0.238 e. The molecule has 29 heavy (non-hydrogen) atoms. The molecule has 8 nitrogen and oxygen atoms in total. The number of hydrogen-bond acceptors (Lipinski definition) is 7. The molecule has 1 unspecified atom stereocenters. The number of para-hydroxylation sites is 1. The molecule has 3 aromatic rings. The molecule has 0 bridgehead atoms. The lowest BCUT2D eigenvalue weighted by molar-refractivity contribution is -0.00897. The van der Waals surface area contributed by atoms with Gasteiger partial charge in [-0.2, -0.15) is 0 Å². The van der Waals surface area contributed by atoms with Crippen LogP contribution in [0, 0.1) is 0 Å². The third-order valence-electron chi connectivity index (χ3n) is 4.95. The summed E-state index contributed by atoms with van der Waals surface area (Å²) in [5, 5.41) is 9.21. The number of hydrogen-bond donors (Lipinski definition) is 2. The van der Waals surface area contributed by atoms with Crippen LogP contribution in [0.2, 0.25) is 0 Å². The molecule has 2 aromatic carbocycles. The summed E-state index contributed by atoms with van der Waals surface area (Å²) in [5.41, 5.74) is 2.64. The number of nitrogens with two attached hydrogens (primary N) is 1. The molecule has 2 heterocycles. The van der Waals surface area contributed by atoms with Crippen molar-refractivity contribution in [1.29, 1.82) is 0 Å². The summed E-state index contributed by atoms with van der Waals surface area (Å²) < 4.78 is 28.5. The Morgan fingerprint density at radius 1 is 1.24 bits per heavy atom. The summed E-state index contributed by atoms with van der Waals surface area (Å²) in [5.74, 6) is 0.438. The first-order valence-corrected chi connectivity index (χ1v) is 10.9. The maximum absolute atomic E-state index is 11.4. The summed E-state index contributed by atoms with van der Waals surface area (Å²) in [6, 6.07) is 12.2. The number of anilines is 2. The van der Waals surface area contributed by atoms with E-state index in [1.165, 1.54) is 12.1 Å². The van der Waals surface area contributed by atoms with E-state index in [1.54, 1.807) is 18.3 Å². The summed E-state index contributed by atoms with van der Waals surface area (Å²) in [7, 11) is -1.66. The minimum Gasteiger partial charge on any atom is -0.363 e. The molecule has 0 saturated carbocycles. The normalized spacial score (nSPS) is 17.1. The maximum atomic E-state index is 11.4. The topological polar surface area (TPSA) is 110 Å². The lowest BCUT2D eigenvalue weighted by Crippen LogP contribution is -2.30. The van der Waals surface area contributed by atoms with Crippen molar-refractivity contribution >= 4 is 32.6 Å². The van der Waals surface area contributed by atoms with E-state index in [4.69, 9.17) is 9.88 Å². The Balaban J connectivity index is 1.58.